The zero-order valence-corrected chi connectivity index (χ0v) is 13.6. The number of ether oxygens (including phenoxy) is 2. The van der Waals surface area contributed by atoms with E-state index in [-0.39, 0.29) is 0 Å². The topological polar surface area (TPSA) is 30.5 Å². The third-order valence-electron chi connectivity index (χ3n) is 4.40. The average molecular weight is 307 g/mol. The molecule has 0 spiro atoms. The van der Waals surface area contributed by atoms with E-state index in [4.69, 9.17) is 9.47 Å². The lowest BCUT2D eigenvalue weighted by Crippen LogP contribution is -2.32. The minimum absolute atomic E-state index is 0.660. The lowest BCUT2D eigenvalue weighted by Gasteiger charge is -2.20. The summed E-state index contributed by atoms with van der Waals surface area (Å²) in [5.41, 5.74) is 0. The molecule has 1 heterocycles. The molecule has 0 aromatic heterocycles. The zero-order chi connectivity index (χ0) is 14.5. The third-order valence-corrected chi connectivity index (χ3v) is 5.42. The second-order valence-corrected chi connectivity index (χ2v) is 6.97. The SMILES string of the molecule is CCNC1CCCC1CCSc1ccc2c(c1)OCCO2. The molecule has 116 valence electrons. The summed E-state index contributed by atoms with van der Waals surface area (Å²) in [6.45, 7) is 4.62. The van der Waals surface area contributed by atoms with Gasteiger partial charge in [0.2, 0.25) is 0 Å². The highest BCUT2D eigenvalue weighted by Gasteiger charge is 2.25. The van der Waals surface area contributed by atoms with Crippen LogP contribution in [0.25, 0.3) is 0 Å². The van der Waals surface area contributed by atoms with Crippen molar-refractivity contribution < 1.29 is 9.47 Å². The largest absolute Gasteiger partial charge is 0.486 e. The van der Waals surface area contributed by atoms with E-state index in [2.05, 4.69) is 24.4 Å². The average Bonchev–Trinajstić information content (AvgIpc) is 2.95. The maximum atomic E-state index is 5.64. The fourth-order valence-corrected chi connectivity index (χ4v) is 4.37. The summed E-state index contributed by atoms with van der Waals surface area (Å²) in [5, 5.41) is 3.64. The standard InChI is InChI=1S/C17H25NO2S/c1-2-18-15-5-3-4-13(15)8-11-21-14-6-7-16-17(12-14)20-10-9-19-16/h6-7,12-13,15,18H,2-5,8-11H2,1H3. The number of fused-ring (bicyclic) bond motifs is 1. The molecular formula is C17H25NO2S. The number of nitrogens with one attached hydrogen (secondary N) is 1. The number of rotatable bonds is 6. The molecule has 1 aromatic rings. The van der Waals surface area contributed by atoms with E-state index in [0.717, 1.165) is 30.0 Å². The van der Waals surface area contributed by atoms with Crippen LogP contribution in [0.2, 0.25) is 0 Å². The predicted octanol–water partition coefficient (Wildman–Crippen LogP) is 3.72. The summed E-state index contributed by atoms with van der Waals surface area (Å²) < 4.78 is 11.2. The van der Waals surface area contributed by atoms with Crippen LogP contribution in [0.3, 0.4) is 0 Å². The highest BCUT2D eigenvalue weighted by atomic mass is 32.2. The summed E-state index contributed by atoms with van der Waals surface area (Å²) >= 11 is 1.94. The number of thioether (sulfide) groups is 1. The number of benzene rings is 1. The van der Waals surface area contributed by atoms with Crippen molar-refractivity contribution in [2.45, 2.75) is 43.5 Å². The molecule has 3 rings (SSSR count). The van der Waals surface area contributed by atoms with Crippen molar-refractivity contribution in [2.24, 2.45) is 5.92 Å². The van der Waals surface area contributed by atoms with Crippen molar-refractivity contribution in [3.8, 4) is 11.5 Å². The summed E-state index contributed by atoms with van der Waals surface area (Å²) in [4.78, 5) is 1.29. The van der Waals surface area contributed by atoms with Gasteiger partial charge < -0.3 is 14.8 Å². The Morgan fingerprint density at radius 1 is 1.19 bits per heavy atom. The summed E-state index contributed by atoms with van der Waals surface area (Å²) in [7, 11) is 0. The first-order valence-corrected chi connectivity index (χ1v) is 9.11. The van der Waals surface area contributed by atoms with Gasteiger partial charge in [-0.3, -0.25) is 0 Å². The molecule has 1 aliphatic heterocycles. The molecule has 2 unspecified atom stereocenters. The second kappa shape index (κ2) is 7.41. The van der Waals surface area contributed by atoms with E-state index in [1.165, 1.54) is 36.3 Å². The van der Waals surface area contributed by atoms with Crippen LogP contribution in [0, 0.1) is 5.92 Å². The first-order chi connectivity index (χ1) is 10.4. The van der Waals surface area contributed by atoms with Crippen LogP contribution in [-0.2, 0) is 0 Å². The van der Waals surface area contributed by atoms with Gasteiger partial charge in [0, 0.05) is 10.9 Å². The van der Waals surface area contributed by atoms with Gasteiger partial charge in [0.1, 0.15) is 13.2 Å². The zero-order valence-electron chi connectivity index (χ0n) is 12.8. The van der Waals surface area contributed by atoms with Gasteiger partial charge >= 0.3 is 0 Å². The van der Waals surface area contributed by atoms with E-state index < -0.39 is 0 Å². The molecule has 1 aromatic carbocycles. The Hall–Kier alpha value is -0.870. The van der Waals surface area contributed by atoms with Gasteiger partial charge in [0.15, 0.2) is 11.5 Å². The first-order valence-electron chi connectivity index (χ1n) is 8.12. The third kappa shape index (κ3) is 3.86. The minimum Gasteiger partial charge on any atom is -0.486 e. The molecule has 3 nitrogen and oxygen atoms in total. The monoisotopic (exact) mass is 307 g/mol. The lowest BCUT2D eigenvalue weighted by atomic mass is 10.0. The predicted molar refractivity (Wildman–Crippen MR) is 87.6 cm³/mol. The van der Waals surface area contributed by atoms with Crippen molar-refractivity contribution >= 4 is 11.8 Å². The highest BCUT2D eigenvalue weighted by molar-refractivity contribution is 7.99. The Morgan fingerprint density at radius 2 is 2.05 bits per heavy atom. The molecular weight excluding hydrogens is 282 g/mol. The molecule has 0 saturated heterocycles. The summed E-state index contributed by atoms with van der Waals surface area (Å²) in [6.07, 6.45) is 5.43. The second-order valence-electron chi connectivity index (χ2n) is 5.80. The number of hydrogen-bond donors (Lipinski definition) is 1. The fraction of sp³-hybridized carbons (Fsp3) is 0.647. The molecule has 0 radical (unpaired) electrons. The van der Waals surface area contributed by atoms with Crippen LogP contribution in [-0.4, -0.2) is 31.6 Å². The van der Waals surface area contributed by atoms with Gasteiger partial charge in [0.05, 0.1) is 0 Å². The van der Waals surface area contributed by atoms with E-state index in [9.17, 15) is 0 Å². The van der Waals surface area contributed by atoms with Gasteiger partial charge in [-0.2, -0.15) is 0 Å². The van der Waals surface area contributed by atoms with Gasteiger partial charge in [-0.15, -0.1) is 11.8 Å². The van der Waals surface area contributed by atoms with E-state index in [1.54, 1.807) is 0 Å². The summed E-state index contributed by atoms with van der Waals surface area (Å²) in [6, 6.07) is 7.05. The Labute approximate surface area is 131 Å². The van der Waals surface area contributed by atoms with Gasteiger partial charge in [-0.1, -0.05) is 13.3 Å². The van der Waals surface area contributed by atoms with Gasteiger partial charge in [0.25, 0.3) is 0 Å². The van der Waals surface area contributed by atoms with Crippen LogP contribution >= 0.6 is 11.8 Å². The molecule has 2 atom stereocenters. The smallest absolute Gasteiger partial charge is 0.162 e. The van der Waals surface area contributed by atoms with Crippen molar-refractivity contribution in [3.05, 3.63) is 18.2 Å². The Bertz CT molecular complexity index is 466. The molecule has 2 aliphatic rings. The van der Waals surface area contributed by atoms with E-state index in [1.807, 2.05) is 17.8 Å². The molecule has 1 saturated carbocycles. The Kier molecular flexibility index (Phi) is 5.31. The van der Waals surface area contributed by atoms with Crippen molar-refractivity contribution in [2.75, 3.05) is 25.5 Å². The summed E-state index contributed by atoms with van der Waals surface area (Å²) in [5.74, 6) is 3.83. The fourth-order valence-electron chi connectivity index (χ4n) is 3.35. The molecule has 4 heteroatoms. The number of hydrogen-bond acceptors (Lipinski definition) is 4. The molecule has 0 amide bonds. The van der Waals surface area contributed by atoms with Crippen LogP contribution in [0.4, 0.5) is 0 Å². The first kappa shape index (κ1) is 15.0. The van der Waals surface area contributed by atoms with Crippen LogP contribution in [0.15, 0.2) is 23.1 Å². The molecule has 1 aliphatic carbocycles. The molecule has 0 bridgehead atoms. The van der Waals surface area contributed by atoms with Gasteiger partial charge in [-0.05, 0) is 55.7 Å². The van der Waals surface area contributed by atoms with Crippen LogP contribution in [0.1, 0.15) is 32.6 Å². The van der Waals surface area contributed by atoms with Gasteiger partial charge in [-0.25, -0.2) is 0 Å². The van der Waals surface area contributed by atoms with Crippen molar-refractivity contribution in [1.29, 1.82) is 0 Å². The van der Waals surface area contributed by atoms with E-state index in [0.29, 0.717) is 13.2 Å². The van der Waals surface area contributed by atoms with Crippen molar-refractivity contribution in [1.82, 2.24) is 5.32 Å². The quantitative estimate of drug-likeness (QED) is 0.812. The highest BCUT2D eigenvalue weighted by Crippen LogP contribution is 2.35. The van der Waals surface area contributed by atoms with Crippen LogP contribution < -0.4 is 14.8 Å². The molecule has 21 heavy (non-hydrogen) atoms. The van der Waals surface area contributed by atoms with Crippen LogP contribution in [0.5, 0.6) is 11.5 Å². The normalized spacial score (nSPS) is 24.2. The van der Waals surface area contributed by atoms with Crippen molar-refractivity contribution in [3.63, 3.8) is 0 Å². The van der Waals surface area contributed by atoms with E-state index >= 15 is 0 Å². The Balaban J connectivity index is 1.49. The molecule has 1 fully saturated rings. The lowest BCUT2D eigenvalue weighted by molar-refractivity contribution is 0.171. The Morgan fingerprint density at radius 3 is 2.90 bits per heavy atom. The maximum absolute atomic E-state index is 5.64. The molecule has 1 N–H and O–H groups in total. The minimum atomic E-state index is 0.660. The maximum Gasteiger partial charge on any atom is 0.162 e.